The average molecular weight is 288 g/mol. The van der Waals surface area contributed by atoms with Crippen molar-refractivity contribution >= 4 is 28.5 Å². The molecular weight excluding hydrogens is 272 g/mol. The summed E-state index contributed by atoms with van der Waals surface area (Å²) in [6, 6.07) is 0. The van der Waals surface area contributed by atoms with Crippen molar-refractivity contribution in [1.82, 2.24) is 4.98 Å². The van der Waals surface area contributed by atoms with E-state index in [2.05, 4.69) is 10.3 Å². The van der Waals surface area contributed by atoms with Gasteiger partial charge in [0.15, 0.2) is 5.13 Å². The Kier molecular flexibility index (Phi) is 4.84. The van der Waals surface area contributed by atoms with Gasteiger partial charge in [-0.3, -0.25) is 5.32 Å². The van der Waals surface area contributed by atoms with Gasteiger partial charge in [0.1, 0.15) is 10.5 Å². The number of anilines is 1. The lowest BCUT2D eigenvalue weighted by atomic mass is 10.2. The summed E-state index contributed by atoms with van der Waals surface area (Å²) in [6.07, 6.45) is -0.679. The van der Waals surface area contributed by atoms with Gasteiger partial charge < -0.3 is 14.6 Å². The third-order valence-corrected chi connectivity index (χ3v) is 2.78. The van der Waals surface area contributed by atoms with Crippen LogP contribution in [0.2, 0.25) is 0 Å². The maximum atomic E-state index is 11.5. The quantitative estimate of drug-likeness (QED) is 0.882. The number of carbonyl (C=O) groups is 2. The highest BCUT2D eigenvalue weighted by molar-refractivity contribution is 7.17. The first-order chi connectivity index (χ1) is 8.73. The molecule has 0 atom stereocenters. The molecule has 0 saturated heterocycles. The lowest BCUT2D eigenvalue weighted by Crippen LogP contribution is -2.27. The van der Waals surface area contributed by atoms with Gasteiger partial charge in [0.2, 0.25) is 0 Å². The highest BCUT2D eigenvalue weighted by Crippen LogP contribution is 2.24. The van der Waals surface area contributed by atoms with E-state index in [4.69, 9.17) is 14.6 Å². The Bertz CT molecular complexity index is 478. The molecule has 1 aromatic heterocycles. The zero-order valence-electron chi connectivity index (χ0n) is 11.1. The Morgan fingerprint density at radius 3 is 2.53 bits per heavy atom. The van der Waals surface area contributed by atoms with Gasteiger partial charge in [0.05, 0.1) is 12.3 Å². The van der Waals surface area contributed by atoms with Crippen LogP contribution < -0.4 is 5.32 Å². The molecule has 1 amide bonds. The van der Waals surface area contributed by atoms with Gasteiger partial charge in [-0.05, 0) is 20.8 Å². The van der Waals surface area contributed by atoms with Gasteiger partial charge in [0, 0.05) is 7.11 Å². The maximum Gasteiger partial charge on any atom is 0.413 e. The number of carboxylic acid groups (broad SMARTS) is 1. The van der Waals surface area contributed by atoms with Crippen LogP contribution in [-0.4, -0.2) is 34.9 Å². The SMILES string of the molecule is COCc1nc(NC(=O)OC(C)(C)C)sc1C(=O)O. The van der Waals surface area contributed by atoms with Gasteiger partial charge in [-0.15, -0.1) is 0 Å². The van der Waals surface area contributed by atoms with Crippen LogP contribution >= 0.6 is 11.3 Å². The smallest absolute Gasteiger partial charge is 0.413 e. The molecule has 0 aliphatic rings. The summed E-state index contributed by atoms with van der Waals surface area (Å²) in [6.45, 7) is 5.25. The summed E-state index contributed by atoms with van der Waals surface area (Å²) in [4.78, 5) is 26.6. The van der Waals surface area contributed by atoms with E-state index < -0.39 is 17.7 Å². The number of carbonyl (C=O) groups excluding carboxylic acids is 1. The number of nitrogens with one attached hydrogen (secondary N) is 1. The second-order valence-corrected chi connectivity index (χ2v) is 5.66. The summed E-state index contributed by atoms with van der Waals surface area (Å²) in [5, 5.41) is 11.6. The van der Waals surface area contributed by atoms with E-state index in [0.29, 0.717) is 0 Å². The van der Waals surface area contributed by atoms with Crippen molar-refractivity contribution in [3.05, 3.63) is 10.6 Å². The molecule has 0 spiro atoms. The Balaban J connectivity index is 2.82. The number of hydrogen-bond acceptors (Lipinski definition) is 6. The lowest BCUT2D eigenvalue weighted by Gasteiger charge is -2.18. The van der Waals surface area contributed by atoms with Gasteiger partial charge >= 0.3 is 12.1 Å². The molecule has 7 nitrogen and oxygen atoms in total. The first kappa shape index (κ1) is 15.4. The molecule has 0 radical (unpaired) electrons. The lowest BCUT2D eigenvalue weighted by molar-refractivity contribution is 0.0634. The highest BCUT2D eigenvalue weighted by atomic mass is 32.1. The number of nitrogens with zero attached hydrogens (tertiary/aromatic N) is 1. The fraction of sp³-hybridized carbons (Fsp3) is 0.545. The monoisotopic (exact) mass is 288 g/mol. The molecule has 0 aliphatic carbocycles. The molecule has 106 valence electrons. The zero-order valence-corrected chi connectivity index (χ0v) is 12.0. The maximum absolute atomic E-state index is 11.5. The van der Waals surface area contributed by atoms with Gasteiger partial charge in [-0.2, -0.15) is 0 Å². The molecule has 0 aliphatic heterocycles. The van der Waals surface area contributed by atoms with E-state index in [1.165, 1.54) is 7.11 Å². The summed E-state index contributed by atoms with van der Waals surface area (Å²) >= 11 is 0.859. The second kappa shape index (κ2) is 5.98. The van der Waals surface area contributed by atoms with Crippen molar-refractivity contribution in [3.63, 3.8) is 0 Å². The van der Waals surface area contributed by atoms with E-state index in [-0.39, 0.29) is 22.3 Å². The molecule has 19 heavy (non-hydrogen) atoms. The third-order valence-electron chi connectivity index (χ3n) is 1.78. The van der Waals surface area contributed by atoms with E-state index >= 15 is 0 Å². The fourth-order valence-corrected chi connectivity index (χ4v) is 1.99. The van der Waals surface area contributed by atoms with Crippen LogP contribution in [0.4, 0.5) is 9.93 Å². The normalized spacial score (nSPS) is 11.2. The molecule has 1 aromatic rings. The van der Waals surface area contributed by atoms with E-state index in [1.54, 1.807) is 20.8 Å². The number of aromatic nitrogens is 1. The van der Waals surface area contributed by atoms with Crippen LogP contribution in [0.1, 0.15) is 36.1 Å². The first-order valence-corrected chi connectivity index (χ1v) is 6.26. The molecule has 2 N–H and O–H groups in total. The van der Waals surface area contributed by atoms with Crippen molar-refractivity contribution in [2.75, 3.05) is 12.4 Å². The number of aromatic carboxylic acids is 1. The second-order valence-electron chi connectivity index (χ2n) is 4.66. The van der Waals surface area contributed by atoms with E-state index in [1.807, 2.05) is 0 Å². The predicted molar refractivity (Wildman–Crippen MR) is 69.6 cm³/mol. The van der Waals surface area contributed by atoms with Gasteiger partial charge in [-0.25, -0.2) is 14.6 Å². The molecule has 8 heteroatoms. The molecule has 0 saturated carbocycles. The molecular formula is C11H16N2O5S. The minimum Gasteiger partial charge on any atom is -0.477 e. The third kappa shape index (κ3) is 4.84. The van der Waals surface area contributed by atoms with Crippen molar-refractivity contribution in [2.45, 2.75) is 33.0 Å². The van der Waals surface area contributed by atoms with E-state index in [9.17, 15) is 9.59 Å². The summed E-state index contributed by atoms with van der Waals surface area (Å²) in [7, 11) is 1.44. The minimum absolute atomic E-state index is 0.0351. The Hall–Kier alpha value is -1.67. The van der Waals surface area contributed by atoms with Crippen molar-refractivity contribution in [2.24, 2.45) is 0 Å². The Morgan fingerprint density at radius 1 is 1.42 bits per heavy atom. The molecule has 1 rings (SSSR count). The predicted octanol–water partition coefficient (Wildman–Crippen LogP) is 2.33. The summed E-state index contributed by atoms with van der Waals surface area (Å²) < 4.78 is 9.90. The molecule has 1 heterocycles. The number of amides is 1. The number of hydrogen-bond donors (Lipinski definition) is 2. The highest BCUT2D eigenvalue weighted by Gasteiger charge is 2.21. The standard InChI is InChI=1S/C11H16N2O5S/c1-11(2,3)18-10(16)13-9-12-6(5-17-4)7(19-9)8(14)15/h5H2,1-4H3,(H,14,15)(H,12,13,16). The first-order valence-electron chi connectivity index (χ1n) is 5.45. The molecule has 0 bridgehead atoms. The molecule has 0 unspecified atom stereocenters. The number of thiazole rings is 1. The molecule has 0 aromatic carbocycles. The average Bonchev–Trinajstić information content (AvgIpc) is 2.58. The van der Waals surface area contributed by atoms with Gasteiger partial charge in [0.25, 0.3) is 0 Å². The summed E-state index contributed by atoms with van der Waals surface area (Å²) in [5.41, 5.74) is -0.363. The van der Waals surface area contributed by atoms with Crippen LogP contribution in [0.25, 0.3) is 0 Å². The number of carboxylic acids is 1. The fourth-order valence-electron chi connectivity index (χ4n) is 1.20. The largest absolute Gasteiger partial charge is 0.477 e. The van der Waals surface area contributed by atoms with Crippen molar-refractivity contribution in [3.8, 4) is 0 Å². The molecule has 0 fully saturated rings. The minimum atomic E-state index is -1.11. The van der Waals surface area contributed by atoms with Gasteiger partial charge in [-0.1, -0.05) is 11.3 Å². The van der Waals surface area contributed by atoms with Crippen LogP contribution in [0.15, 0.2) is 0 Å². The topological polar surface area (TPSA) is 97.8 Å². The van der Waals surface area contributed by atoms with Crippen LogP contribution in [-0.2, 0) is 16.1 Å². The zero-order chi connectivity index (χ0) is 14.6. The number of rotatable bonds is 4. The summed E-state index contributed by atoms with van der Waals surface area (Å²) in [5.74, 6) is -1.11. The van der Waals surface area contributed by atoms with Crippen LogP contribution in [0.5, 0.6) is 0 Å². The van der Waals surface area contributed by atoms with E-state index in [0.717, 1.165) is 11.3 Å². The van der Waals surface area contributed by atoms with Crippen LogP contribution in [0.3, 0.4) is 0 Å². The number of ether oxygens (including phenoxy) is 2. The van der Waals surface area contributed by atoms with Crippen LogP contribution in [0, 0.1) is 0 Å². The Morgan fingerprint density at radius 2 is 2.05 bits per heavy atom. The Labute approximate surface area is 114 Å². The van der Waals surface area contributed by atoms with Crippen molar-refractivity contribution < 1.29 is 24.2 Å². The van der Waals surface area contributed by atoms with Crippen molar-refractivity contribution in [1.29, 1.82) is 0 Å². The number of methoxy groups -OCH3 is 1.